The van der Waals surface area contributed by atoms with Crippen molar-refractivity contribution in [3.8, 4) is 0 Å². The van der Waals surface area contributed by atoms with Crippen LogP contribution in [0.5, 0.6) is 0 Å². The van der Waals surface area contributed by atoms with Crippen molar-refractivity contribution in [3.63, 3.8) is 0 Å². The van der Waals surface area contributed by atoms with Crippen molar-refractivity contribution >= 4 is 0 Å². The van der Waals surface area contributed by atoms with E-state index in [2.05, 4.69) is 64.1 Å². The Morgan fingerprint density at radius 2 is 1.81 bits per heavy atom. The fourth-order valence-electron chi connectivity index (χ4n) is 2.33. The van der Waals surface area contributed by atoms with E-state index >= 15 is 0 Å². The summed E-state index contributed by atoms with van der Waals surface area (Å²) in [6, 6.07) is 10.9. The van der Waals surface area contributed by atoms with Gasteiger partial charge >= 0.3 is 0 Å². The van der Waals surface area contributed by atoms with E-state index < -0.39 is 0 Å². The molecular formula is C16H24. The molecule has 0 amide bonds. The molecule has 0 heteroatoms. The lowest BCUT2D eigenvalue weighted by Gasteiger charge is -2.22. The largest absolute Gasteiger partial charge is 0.0850 e. The standard InChI is InChI=1S/C16H24/c1-5-6-10-14(4)16(13(2)3)15-11-8-7-9-12-15/h7-13,16H,5-6H2,1-4H3/b14-10+. The first-order valence-corrected chi connectivity index (χ1v) is 6.38. The van der Waals surface area contributed by atoms with E-state index in [-0.39, 0.29) is 0 Å². The molecule has 0 fully saturated rings. The van der Waals surface area contributed by atoms with Crippen LogP contribution < -0.4 is 0 Å². The normalized spacial score (nSPS) is 14.2. The van der Waals surface area contributed by atoms with Crippen molar-refractivity contribution in [1.82, 2.24) is 0 Å². The highest BCUT2D eigenvalue weighted by molar-refractivity contribution is 5.28. The third-order valence-corrected chi connectivity index (χ3v) is 3.07. The summed E-state index contributed by atoms with van der Waals surface area (Å²) in [5.41, 5.74) is 2.96. The average molecular weight is 216 g/mol. The van der Waals surface area contributed by atoms with E-state index in [9.17, 15) is 0 Å². The van der Waals surface area contributed by atoms with Crippen LogP contribution in [-0.2, 0) is 0 Å². The van der Waals surface area contributed by atoms with Crippen LogP contribution in [0.25, 0.3) is 0 Å². The monoisotopic (exact) mass is 216 g/mol. The van der Waals surface area contributed by atoms with E-state index in [0.29, 0.717) is 11.8 Å². The Labute approximate surface area is 100 Å². The zero-order chi connectivity index (χ0) is 12.0. The third kappa shape index (κ3) is 3.52. The highest BCUT2D eigenvalue weighted by atomic mass is 14.2. The maximum atomic E-state index is 2.40. The second kappa shape index (κ2) is 6.52. The zero-order valence-corrected chi connectivity index (χ0v) is 11.0. The molecule has 0 N–H and O–H groups in total. The van der Waals surface area contributed by atoms with Gasteiger partial charge in [-0.15, -0.1) is 0 Å². The van der Waals surface area contributed by atoms with E-state index in [1.165, 1.54) is 24.0 Å². The molecule has 88 valence electrons. The molecule has 1 aromatic carbocycles. The molecule has 0 nitrogen and oxygen atoms in total. The molecule has 0 saturated heterocycles. The summed E-state index contributed by atoms with van der Waals surface area (Å²) in [7, 11) is 0. The molecule has 0 aliphatic carbocycles. The Kier molecular flexibility index (Phi) is 5.31. The molecule has 0 bridgehead atoms. The maximum absolute atomic E-state index is 2.40. The highest BCUT2D eigenvalue weighted by Crippen LogP contribution is 2.31. The van der Waals surface area contributed by atoms with Gasteiger partial charge in [0, 0.05) is 5.92 Å². The molecule has 1 atom stereocenters. The Morgan fingerprint density at radius 1 is 1.19 bits per heavy atom. The fraction of sp³-hybridized carbons (Fsp3) is 0.500. The predicted octanol–water partition coefficient (Wildman–Crippen LogP) is 5.17. The van der Waals surface area contributed by atoms with Crippen molar-refractivity contribution in [2.24, 2.45) is 5.92 Å². The van der Waals surface area contributed by atoms with Gasteiger partial charge in [0.05, 0.1) is 0 Å². The Bertz CT molecular complexity index is 319. The second-order valence-corrected chi connectivity index (χ2v) is 4.87. The summed E-state index contributed by atoms with van der Waals surface area (Å²) in [5, 5.41) is 0. The summed E-state index contributed by atoms with van der Waals surface area (Å²) in [4.78, 5) is 0. The van der Waals surface area contributed by atoms with Crippen LogP contribution in [0, 0.1) is 5.92 Å². The SMILES string of the molecule is CCC/C=C(\C)C(c1ccccc1)C(C)C. The van der Waals surface area contributed by atoms with E-state index in [1.54, 1.807) is 0 Å². The lowest BCUT2D eigenvalue weighted by Crippen LogP contribution is -2.08. The lowest BCUT2D eigenvalue weighted by molar-refractivity contribution is 0.553. The van der Waals surface area contributed by atoms with Gasteiger partial charge in [0.25, 0.3) is 0 Å². The summed E-state index contributed by atoms with van der Waals surface area (Å²) in [6.45, 7) is 9.12. The molecule has 0 heterocycles. The first-order valence-electron chi connectivity index (χ1n) is 6.38. The molecule has 0 radical (unpaired) electrons. The highest BCUT2D eigenvalue weighted by Gasteiger charge is 2.16. The van der Waals surface area contributed by atoms with Crippen LogP contribution in [0.4, 0.5) is 0 Å². The summed E-state index contributed by atoms with van der Waals surface area (Å²) in [5.74, 6) is 1.24. The van der Waals surface area contributed by atoms with Crippen molar-refractivity contribution in [2.75, 3.05) is 0 Å². The Morgan fingerprint density at radius 3 is 2.31 bits per heavy atom. The summed E-state index contributed by atoms with van der Waals surface area (Å²) < 4.78 is 0. The lowest BCUT2D eigenvalue weighted by atomic mass is 9.82. The molecule has 16 heavy (non-hydrogen) atoms. The van der Waals surface area contributed by atoms with Crippen LogP contribution in [0.15, 0.2) is 42.0 Å². The Hall–Kier alpha value is -1.04. The van der Waals surface area contributed by atoms with Gasteiger partial charge < -0.3 is 0 Å². The predicted molar refractivity (Wildman–Crippen MR) is 72.7 cm³/mol. The smallest absolute Gasteiger partial charge is 0.00684 e. The summed E-state index contributed by atoms with van der Waals surface area (Å²) >= 11 is 0. The molecule has 0 aliphatic rings. The van der Waals surface area contributed by atoms with Crippen LogP contribution in [0.1, 0.15) is 52.0 Å². The number of rotatable bonds is 5. The molecule has 0 saturated carbocycles. The van der Waals surface area contributed by atoms with Crippen molar-refractivity contribution in [2.45, 2.75) is 46.5 Å². The van der Waals surface area contributed by atoms with Crippen molar-refractivity contribution < 1.29 is 0 Å². The average Bonchev–Trinajstić information content (AvgIpc) is 2.27. The molecule has 0 aliphatic heterocycles. The van der Waals surface area contributed by atoms with Gasteiger partial charge in [-0.25, -0.2) is 0 Å². The molecule has 1 aromatic rings. The zero-order valence-electron chi connectivity index (χ0n) is 11.0. The molecule has 0 spiro atoms. The topological polar surface area (TPSA) is 0 Å². The van der Waals surface area contributed by atoms with Gasteiger partial charge in [-0.3, -0.25) is 0 Å². The number of benzene rings is 1. The quantitative estimate of drug-likeness (QED) is 0.595. The number of allylic oxidation sites excluding steroid dienone is 2. The second-order valence-electron chi connectivity index (χ2n) is 4.87. The number of unbranched alkanes of at least 4 members (excludes halogenated alkanes) is 1. The minimum absolute atomic E-state index is 0.577. The number of hydrogen-bond acceptors (Lipinski definition) is 0. The van der Waals surface area contributed by atoms with E-state index in [4.69, 9.17) is 0 Å². The van der Waals surface area contributed by atoms with Gasteiger partial charge in [-0.05, 0) is 24.8 Å². The van der Waals surface area contributed by atoms with E-state index in [0.717, 1.165) is 0 Å². The third-order valence-electron chi connectivity index (χ3n) is 3.07. The van der Waals surface area contributed by atoms with Gasteiger partial charge in [0.15, 0.2) is 0 Å². The Balaban J connectivity index is 2.92. The first-order chi connectivity index (χ1) is 7.66. The van der Waals surface area contributed by atoms with Crippen LogP contribution in [0.2, 0.25) is 0 Å². The molecule has 0 aromatic heterocycles. The van der Waals surface area contributed by atoms with Crippen molar-refractivity contribution in [1.29, 1.82) is 0 Å². The van der Waals surface area contributed by atoms with Crippen LogP contribution in [0.3, 0.4) is 0 Å². The molecular weight excluding hydrogens is 192 g/mol. The van der Waals surface area contributed by atoms with Gasteiger partial charge in [-0.2, -0.15) is 0 Å². The van der Waals surface area contributed by atoms with Crippen molar-refractivity contribution in [3.05, 3.63) is 47.5 Å². The van der Waals surface area contributed by atoms with Gasteiger partial charge in [-0.1, -0.05) is 69.2 Å². The van der Waals surface area contributed by atoms with Gasteiger partial charge in [0.2, 0.25) is 0 Å². The fourth-order valence-corrected chi connectivity index (χ4v) is 2.33. The molecule has 1 rings (SSSR count). The maximum Gasteiger partial charge on any atom is 0.00684 e. The number of hydrogen-bond donors (Lipinski definition) is 0. The van der Waals surface area contributed by atoms with Crippen LogP contribution >= 0.6 is 0 Å². The molecule has 1 unspecified atom stereocenters. The van der Waals surface area contributed by atoms with Gasteiger partial charge in [0.1, 0.15) is 0 Å². The van der Waals surface area contributed by atoms with Crippen LogP contribution in [-0.4, -0.2) is 0 Å². The summed E-state index contributed by atoms with van der Waals surface area (Å²) in [6.07, 6.45) is 4.83. The van der Waals surface area contributed by atoms with E-state index in [1.807, 2.05) is 0 Å². The first kappa shape index (κ1) is 13.0. The minimum Gasteiger partial charge on any atom is -0.0850 e. The minimum atomic E-state index is 0.577.